The summed E-state index contributed by atoms with van der Waals surface area (Å²) in [7, 11) is 0. The molecule has 54 heavy (non-hydrogen) atoms. The van der Waals surface area contributed by atoms with E-state index in [1.54, 1.807) is 11.3 Å². The van der Waals surface area contributed by atoms with Gasteiger partial charge in [-0.05, 0) is 40.9 Å². The van der Waals surface area contributed by atoms with Gasteiger partial charge in [0.2, 0.25) is 0 Å². The Hall–Kier alpha value is -0.370. The van der Waals surface area contributed by atoms with Crippen LogP contribution >= 0.6 is 52.5 Å². The quantitative estimate of drug-likeness (QED) is 0.0522. The van der Waals surface area contributed by atoms with Crippen molar-refractivity contribution < 1.29 is 9.59 Å². The molecule has 0 radical (unpaired) electrons. The van der Waals surface area contributed by atoms with Gasteiger partial charge in [-0.15, -0.1) is 36.6 Å². The number of hydrogen-bond acceptors (Lipinski definition) is 4. The van der Waals surface area contributed by atoms with Crippen molar-refractivity contribution in [1.29, 1.82) is 0 Å². The third-order valence-electron chi connectivity index (χ3n) is 11.8. The van der Waals surface area contributed by atoms with Crippen LogP contribution in [0.3, 0.4) is 0 Å². The van der Waals surface area contributed by atoms with E-state index in [9.17, 15) is 9.59 Å². The highest BCUT2D eigenvalue weighted by Crippen LogP contribution is 2.47. The summed E-state index contributed by atoms with van der Waals surface area (Å²) in [5, 5.41) is 0.296. The monoisotopic (exact) mass is 865 g/mol. The number of carbonyl (C=O) groups excluding carboxylic acids is 2. The lowest BCUT2D eigenvalue weighted by atomic mass is 9.71. The highest BCUT2D eigenvalue weighted by Gasteiger charge is 2.49. The van der Waals surface area contributed by atoms with Gasteiger partial charge in [-0.2, -0.15) is 0 Å². The van der Waals surface area contributed by atoms with E-state index in [2.05, 4.69) is 55.0 Å². The van der Waals surface area contributed by atoms with Gasteiger partial charge in [0.05, 0.1) is 10.2 Å². The summed E-state index contributed by atoms with van der Waals surface area (Å²) in [4.78, 5) is 32.1. The fraction of sp³-hybridized carbons (Fsp3) is 0.809. The zero-order valence-electron chi connectivity index (χ0n) is 34.8. The minimum atomic E-state index is -1.05. The molecule has 1 aromatic heterocycles. The van der Waals surface area contributed by atoms with Gasteiger partial charge in [-0.1, -0.05) is 225 Å². The van der Waals surface area contributed by atoms with Crippen molar-refractivity contribution in [2.75, 3.05) is 0 Å². The molecule has 7 heteroatoms. The molecule has 310 valence electrons. The van der Waals surface area contributed by atoms with Gasteiger partial charge >= 0.3 is 0 Å². The minimum Gasteiger partial charge on any atom is -0.287 e. The maximum absolute atomic E-state index is 13.8. The first-order chi connectivity index (χ1) is 26.4. The average molecular weight is 867 g/mol. The summed E-state index contributed by atoms with van der Waals surface area (Å²) in [5.41, 5.74) is -0.181. The van der Waals surface area contributed by atoms with Crippen LogP contribution in [0.25, 0.3) is 10.2 Å². The fourth-order valence-corrected chi connectivity index (χ4v) is 11.0. The lowest BCUT2D eigenvalue weighted by molar-refractivity contribution is -0.125. The molecule has 3 nitrogen and oxygen atoms in total. The van der Waals surface area contributed by atoms with E-state index in [1.807, 2.05) is 18.2 Å². The lowest BCUT2D eigenvalue weighted by Crippen LogP contribution is -2.44. The second-order valence-corrected chi connectivity index (χ2v) is 19.1. The number of hydrogen-bond donors (Lipinski definition) is 2. The molecular formula is C47H80BrNO2S3. The Balaban J connectivity index is 1.81. The van der Waals surface area contributed by atoms with Crippen LogP contribution in [0.2, 0.25) is 0 Å². The summed E-state index contributed by atoms with van der Waals surface area (Å²) >= 11 is 14.2. The molecule has 0 bridgehead atoms. The van der Waals surface area contributed by atoms with Gasteiger partial charge in [0.25, 0.3) is 0 Å². The van der Waals surface area contributed by atoms with Crippen LogP contribution in [0, 0.1) is 5.92 Å². The first-order valence-electron chi connectivity index (χ1n) is 22.9. The molecule has 2 aromatic rings. The largest absolute Gasteiger partial charge is 0.287 e. The van der Waals surface area contributed by atoms with Crippen LogP contribution in [0.5, 0.6) is 0 Å². The molecule has 0 spiro atoms. The van der Waals surface area contributed by atoms with E-state index in [4.69, 9.17) is 4.98 Å². The summed E-state index contributed by atoms with van der Waals surface area (Å²) in [6.45, 7) is 4.57. The van der Waals surface area contributed by atoms with Crippen LogP contribution in [0.4, 0.5) is 0 Å². The van der Waals surface area contributed by atoms with Crippen molar-refractivity contribution in [3.8, 4) is 0 Å². The van der Waals surface area contributed by atoms with E-state index in [1.165, 1.54) is 180 Å². The fourth-order valence-electron chi connectivity index (χ4n) is 8.31. The predicted octanol–water partition coefficient (Wildman–Crippen LogP) is 17.1. The normalized spacial score (nSPS) is 13.4. The number of aromatic nitrogens is 1. The Labute approximate surface area is 356 Å². The van der Waals surface area contributed by atoms with E-state index in [-0.39, 0.29) is 10.2 Å². The maximum atomic E-state index is 13.8. The van der Waals surface area contributed by atoms with Crippen LogP contribution in [-0.4, -0.2) is 15.2 Å². The van der Waals surface area contributed by atoms with Crippen LogP contribution in [-0.2, 0) is 15.0 Å². The van der Waals surface area contributed by atoms with Crippen LogP contribution < -0.4 is 0 Å². The summed E-state index contributed by atoms with van der Waals surface area (Å²) in [5.74, 6) is -0.520. The molecule has 2 rings (SSSR count). The molecule has 0 N–H and O–H groups in total. The molecule has 0 amide bonds. The van der Waals surface area contributed by atoms with Crippen molar-refractivity contribution in [1.82, 2.24) is 4.98 Å². The molecule has 2 atom stereocenters. The number of thiazole rings is 1. The predicted molar refractivity (Wildman–Crippen MR) is 249 cm³/mol. The first kappa shape index (κ1) is 49.8. The Kier molecular flexibility index (Phi) is 30.0. The van der Waals surface area contributed by atoms with Gasteiger partial charge in [0.15, 0.2) is 10.2 Å². The molecule has 0 fully saturated rings. The third kappa shape index (κ3) is 20.4. The minimum absolute atomic E-state index is 0.201. The number of thiol groups is 2. The Bertz CT molecular complexity index is 1230. The molecule has 0 aliphatic rings. The molecule has 0 aliphatic heterocycles. The number of rotatable bonds is 38. The van der Waals surface area contributed by atoms with Gasteiger partial charge in [-0.25, -0.2) is 4.98 Å². The third-order valence-corrected chi connectivity index (χ3v) is 14.7. The van der Waals surface area contributed by atoms with Crippen molar-refractivity contribution in [2.24, 2.45) is 5.92 Å². The average Bonchev–Trinajstić information content (AvgIpc) is 3.60. The van der Waals surface area contributed by atoms with Crippen LogP contribution in [0.1, 0.15) is 237 Å². The van der Waals surface area contributed by atoms with E-state index >= 15 is 0 Å². The summed E-state index contributed by atoms with van der Waals surface area (Å²) in [6.07, 6.45) is 43.1. The Morgan fingerprint density at radius 1 is 0.593 bits per heavy atom. The zero-order valence-corrected chi connectivity index (χ0v) is 39.0. The van der Waals surface area contributed by atoms with E-state index in [0.29, 0.717) is 12.8 Å². The number of carbonyl (C=O) groups is 2. The van der Waals surface area contributed by atoms with E-state index < -0.39 is 11.3 Å². The van der Waals surface area contributed by atoms with Crippen molar-refractivity contribution >= 4 is 73.0 Å². The molecule has 2 unspecified atom stereocenters. The molecule has 1 aromatic carbocycles. The lowest BCUT2D eigenvalue weighted by Gasteiger charge is -2.35. The van der Waals surface area contributed by atoms with Gasteiger partial charge in [0, 0.05) is 10.4 Å². The Morgan fingerprint density at radius 3 is 1.31 bits per heavy atom. The second-order valence-electron chi connectivity index (χ2n) is 16.4. The number of fused-ring (bicyclic) bond motifs is 1. The van der Waals surface area contributed by atoms with Crippen LogP contribution in [0.15, 0.2) is 22.7 Å². The number of unbranched alkanes of at least 4 members (excludes halogenated alkanes) is 30. The number of benzene rings is 1. The second kappa shape index (κ2) is 32.6. The summed E-state index contributed by atoms with van der Waals surface area (Å²) < 4.78 is 1.99. The maximum Gasteiger partial charge on any atom is 0.199 e. The SMILES string of the molecule is CCCCCCCCCCCCCCCCCCC(C(=O)S)C(CCCCCCCCCCCCCCCCCC)(C(=O)S)c1nc2cccc(Br)c2s1. The zero-order chi connectivity index (χ0) is 39.1. The van der Waals surface area contributed by atoms with Crippen molar-refractivity contribution in [2.45, 2.75) is 238 Å². The first-order valence-corrected chi connectivity index (χ1v) is 25.4. The standard InChI is InChI=1S/C47H80BrNO2S3/c1-3-5-7-9-11-13-15-17-19-21-23-25-27-29-31-33-36-40(44(50)52)47(46(51)53,45-49-42-38-35-37-41(48)43(42)54-45)39-34-32-30-28-26-24-22-20-18-16-14-12-10-8-6-4-2/h35,37-38,40H,3-34,36,39H2,1-2H3,(H,50,52)(H,51,53). The molecule has 0 aliphatic carbocycles. The molecule has 0 saturated carbocycles. The molecular weight excluding hydrogens is 787 g/mol. The number of nitrogens with zero attached hydrogens (tertiary/aromatic N) is 1. The molecule has 0 saturated heterocycles. The van der Waals surface area contributed by atoms with Gasteiger partial charge in [-0.3, -0.25) is 9.59 Å². The summed E-state index contributed by atoms with van der Waals surface area (Å²) in [6, 6.07) is 5.99. The molecule has 1 heterocycles. The van der Waals surface area contributed by atoms with Crippen molar-refractivity contribution in [3.63, 3.8) is 0 Å². The van der Waals surface area contributed by atoms with E-state index in [0.717, 1.165) is 45.4 Å². The highest BCUT2D eigenvalue weighted by atomic mass is 79.9. The Morgan fingerprint density at radius 2 is 0.963 bits per heavy atom. The van der Waals surface area contributed by atoms with Gasteiger partial charge in [0.1, 0.15) is 10.4 Å². The highest BCUT2D eigenvalue weighted by molar-refractivity contribution is 9.10. The van der Waals surface area contributed by atoms with Gasteiger partial charge < -0.3 is 0 Å². The smallest absolute Gasteiger partial charge is 0.199 e. The van der Waals surface area contributed by atoms with Crippen molar-refractivity contribution in [3.05, 3.63) is 27.7 Å². The number of halogens is 1. The topological polar surface area (TPSA) is 47.0 Å².